The van der Waals surface area contributed by atoms with Crippen molar-refractivity contribution in [2.24, 2.45) is 5.92 Å². The van der Waals surface area contributed by atoms with Crippen molar-refractivity contribution in [3.8, 4) is 0 Å². The summed E-state index contributed by atoms with van der Waals surface area (Å²) in [5.74, 6) is 0.546. The molecule has 0 radical (unpaired) electrons. The normalized spacial score (nSPS) is 32.9. The molecule has 0 aromatic rings. The Morgan fingerprint density at radius 2 is 2.00 bits per heavy atom. The van der Waals surface area contributed by atoms with Crippen LogP contribution in [0.25, 0.3) is 0 Å². The van der Waals surface area contributed by atoms with Gasteiger partial charge in [0.2, 0.25) is 0 Å². The average Bonchev–Trinajstić information content (AvgIpc) is 2.14. The fourth-order valence-electron chi connectivity index (χ4n) is 2.37. The Morgan fingerprint density at radius 3 is 2.53 bits per heavy atom. The van der Waals surface area contributed by atoms with Gasteiger partial charge in [0.1, 0.15) is 0 Å². The molecule has 0 bridgehead atoms. The van der Waals surface area contributed by atoms with Crippen LogP contribution in [-0.2, 0) is 9.84 Å². The van der Waals surface area contributed by atoms with E-state index in [1.807, 2.05) is 0 Å². The van der Waals surface area contributed by atoms with E-state index in [-0.39, 0.29) is 11.3 Å². The standard InChI is InChI=1S/C11H23NO2S/c1-4-7-12-10-6-5-9(2)8-11(10)15(3,13)14/h9-12H,4-8H2,1-3H3. The van der Waals surface area contributed by atoms with Crippen LogP contribution in [0.15, 0.2) is 0 Å². The summed E-state index contributed by atoms with van der Waals surface area (Å²) in [7, 11) is -2.90. The van der Waals surface area contributed by atoms with Crippen molar-refractivity contribution >= 4 is 9.84 Å². The van der Waals surface area contributed by atoms with Gasteiger partial charge in [-0.3, -0.25) is 0 Å². The van der Waals surface area contributed by atoms with Gasteiger partial charge in [-0.05, 0) is 38.1 Å². The number of hydrogen-bond donors (Lipinski definition) is 1. The molecule has 1 saturated carbocycles. The first-order valence-corrected chi connectivity index (χ1v) is 7.82. The van der Waals surface area contributed by atoms with Crippen molar-refractivity contribution in [2.75, 3.05) is 12.8 Å². The van der Waals surface area contributed by atoms with Crippen LogP contribution in [0.5, 0.6) is 0 Å². The van der Waals surface area contributed by atoms with Crippen LogP contribution in [0, 0.1) is 5.92 Å². The summed E-state index contributed by atoms with van der Waals surface area (Å²) >= 11 is 0. The Bertz CT molecular complexity index is 285. The second-order valence-corrected chi connectivity index (χ2v) is 7.11. The first-order valence-electron chi connectivity index (χ1n) is 5.87. The van der Waals surface area contributed by atoms with Gasteiger partial charge in [0.15, 0.2) is 9.84 Å². The van der Waals surface area contributed by atoms with E-state index < -0.39 is 9.84 Å². The highest BCUT2D eigenvalue weighted by atomic mass is 32.2. The summed E-state index contributed by atoms with van der Waals surface area (Å²) in [6.45, 7) is 5.17. The molecule has 1 N–H and O–H groups in total. The molecule has 1 rings (SSSR count). The maximum absolute atomic E-state index is 11.7. The van der Waals surface area contributed by atoms with E-state index in [4.69, 9.17) is 0 Å². The van der Waals surface area contributed by atoms with Gasteiger partial charge in [-0.15, -0.1) is 0 Å². The van der Waals surface area contributed by atoms with Crippen LogP contribution < -0.4 is 5.32 Å². The van der Waals surface area contributed by atoms with E-state index in [0.29, 0.717) is 5.92 Å². The van der Waals surface area contributed by atoms with E-state index in [0.717, 1.165) is 32.2 Å². The minimum absolute atomic E-state index is 0.173. The third kappa shape index (κ3) is 3.76. The van der Waals surface area contributed by atoms with Crippen molar-refractivity contribution in [2.45, 2.75) is 50.8 Å². The quantitative estimate of drug-likeness (QED) is 0.802. The molecule has 90 valence electrons. The zero-order valence-electron chi connectivity index (χ0n) is 9.99. The highest BCUT2D eigenvalue weighted by molar-refractivity contribution is 7.91. The maximum atomic E-state index is 11.7. The predicted octanol–water partition coefficient (Wildman–Crippen LogP) is 1.59. The number of rotatable bonds is 4. The van der Waals surface area contributed by atoms with Crippen LogP contribution in [0.4, 0.5) is 0 Å². The first-order chi connectivity index (χ1) is 6.95. The zero-order chi connectivity index (χ0) is 11.5. The average molecular weight is 233 g/mol. The maximum Gasteiger partial charge on any atom is 0.151 e. The number of sulfone groups is 1. The molecule has 3 nitrogen and oxygen atoms in total. The van der Waals surface area contributed by atoms with Crippen molar-refractivity contribution in [1.82, 2.24) is 5.32 Å². The monoisotopic (exact) mass is 233 g/mol. The lowest BCUT2D eigenvalue weighted by molar-refractivity contribution is 0.309. The summed E-state index contributed by atoms with van der Waals surface area (Å²) in [6, 6.07) is 0.177. The minimum Gasteiger partial charge on any atom is -0.313 e. The SMILES string of the molecule is CCCNC1CCC(C)CC1S(C)(=O)=O. The third-order valence-corrected chi connectivity index (χ3v) is 4.88. The molecule has 1 aliphatic rings. The van der Waals surface area contributed by atoms with Gasteiger partial charge in [-0.2, -0.15) is 0 Å². The number of hydrogen-bond acceptors (Lipinski definition) is 3. The van der Waals surface area contributed by atoms with Crippen LogP contribution in [-0.4, -0.2) is 32.5 Å². The Kier molecular flexibility index (Phi) is 4.59. The fourth-order valence-corrected chi connectivity index (χ4v) is 3.87. The zero-order valence-corrected chi connectivity index (χ0v) is 10.8. The largest absolute Gasteiger partial charge is 0.313 e. The lowest BCUT2D eigenvalue weighted by Crippen LogP contribution is -2.47. The fraction of sp³-hybridized carbons (Fsp3) is 1.00. The molecule has 0 amide bonds. The molecule has 15 heavy (non-hydrogen) atoms. The van der Waals surface area contributed by atoms with Gasteiger partial charge >= 0.3 is 0 Å². The Balaban J connectivity index is 2.67. The molecular formula is C11H23NO2S. The molecule has 3 atom stereocenters. The van der Waals surface area contributed by atoms with Gasteiger partial charge < -0.3 is 5.32 Å². The molecule has 1 aliphatic carbocycles. The van der Waals surface area contributed by atoms with Crippen LogP contribution in [0.3, 0.4) is 0 Å². The molecule has 1 fully saturated rings. The molecular weight excluding hydrogens is 210 g/mol. The van der Waals surface area contributed by atoms with Gasteiger partial charge in [-0.25, -0.2) is 8.42 Å². The third-order valence-electron chi connectivity index (χ3n) is 3.26. The second-order valence-electron chi connectivity index (χ2n) is 4.85. The summed E-state index contributed by atoms with van der Waals surface area (Å²) < 4.78 is 23.3. The summed E-state index contributed by atoms with van der Waals surface area (Å²) in [6.07, 6.45) is 5.39. The van der Waals surface area contributed by atoms with Crippen LogP contribution in [0.1, 0.15) is 39.5 Å². The molecule has 0 aromatic carbocycles. The molecule has 0 heterocycles. The van der Waals surface area contributed by atoms with E-state index in [9.17, 15) is 8.42 Å². The van der Waals surface area contributed by atoms with Gasteiger partial charge in [0.25, 0.3) is 0 Å². The molecule has 4 heteroatoms. The first kappa shape index (κ1) is 13.0. The van der Waals surface area contributed by atoms with Crippen molar-refractivity contribution < 1.29 is 8.42 Å². The Morgan fingerprint density at radius 1 is 1.33 bits per heavy atom. The lowest BCUT2D eigenvalue weighted by Gasteiger charge is -2.34. The summed E-state index contributed by atoms with van der Waals surface area (Å²) in [5.41, 5.74) is 0. The predicted molar refractivity (Wildman–Crippen MR) is 63.7 cm³/mol. The van der Waals surface area contributed by atoms with Crippen molar-refractivity contribution in [3.05, 3.63) is 0 Å². The topological polar surface area (TPSA) is 46.2 Å². The van der Waals surface area contributed by atoms with Gasteiger partial charge in [0, 0.05) is 12.3 Å². The summed E-state index contributed by atoms with van der Waals surface area (Å²) in [4.78, 5) is 0. The summed E-state index contributed by atoms with van der Waals surface area (Å²) in [5, 5.41) is 3.20. The molecule has 3 unspecified atom stereocenters. The Hall–Kier alpha value is -0.0900. The molecule has 0 saturated heterocycles. The molecule has 0 spiro atoms. The van der Waals surface area contributed by atoms with Crippen molar-refractivity contribution in [1.29, 1.82) is 0 Å². The highest BCUT2D eigenvalue weighted by Crippen LogP contribution is 2.28. The lowest BCUT2D eigenvalue weighted by atomic mass is 9.87. The second kappa shape index (κ2) is 5.30. The Labute approximate surface area is 93.6 Å². The van der Waals surface area contributed by atoms with Crippen LogP contribution >= 0.6 is 0 Å². The van der Waals surface area contributed by atoms with E-state index >= 15 is 0 Å². The van der Waals surface area contributed by atoms with E-state index in [1.165, 1.54) is 6.26 Å². The van der Waals surface area contributed by atoms with Gasteiger partial charge in [0.05, 0.1) is 5.25 Å². The van der Waals surface area contributed by atoms with Crippen molar-refractivity contribution in [3.63, 3.8) is 0 Å². The van der Waals surface area contributed by atoms with E-state index in [1.54, 1.807) is 0 Å². The van der Waals surface area contributed by atoms with Gasteiger partial charge in [-0.1, -0.05) is 13.8 Å². The minimum atomic E-state index is -2.90. The molecule has 0 aromatic heterocycles. The highest BCUT2D eigenvalue weighted by Gasteiger charge is 2.34. The van der Waals surface area contributed by atoms with Crippen LogP contribution in [0.2, 0.25) is 0 Å². The molecule has 0 aliphatic heterocycles. The number of nitrogens with one attached hydrogen (secondary N) is 1. The van der Waals surface area contributed by atoms with E-state index in [2.05, 4.69) is 19.2 Å². The smallest absolute Gasteiger partial charge is 0.151 e.